The smallest absolute Gasteiger partial charge is 0.276 e. The number of rotatable bonds is 5. The number of amides is 2. The van der Waals surface area contributed by atoms with E-state index in [0.29, 0.717) is 38.3 Å². The summed E-state index contributed by atoms with van der Waals surface area (Å²) in [5, 5.41) is 65.7. The van der Waals surface area contributed by atoms with Gasteiger partial charge in [0.2, 0.25) is 0 Å². The van der Waals surface area contributed by atoms with Gasteiger partial charge in [-0.3, -0.25) is 9.59 Å². The van der Waals surface area contributed by atoms with Gasteiger partial charge in [0.05, 0.1) is 52.6 Å². The van der Waals surface area contributed by atoms with Crippen LogP contribution in [0.2, 0.25) is 0 Å². The number of carbonyl (C=O) groups excluding carboxylic acids is 2. The Morgan fingerprint density at radius 2 is 1.58 bits per heavy atom. The molecule has 2 aliphatic rings. The number of hydrogen-bond acceptors (Lipinski definition) is 11. The van der Waals surface area contributed by atoms with Crippen molar-refractivity contribution in [3.8, 4) is 11.5 Å². The first-order valence-electron chi connectivity index (χ1n) is 14.1. The Hall–Kier alpha value is -4.96. The summed E-state index contributed by atoms with van der Waals surface area (Å²) < 4.78 is 12.8. The summed E-state index contributed by atoms with van der Waals surface area (Å²) in [5.74, 6) is -1.02. The lowest BCUT2D eigenvalue weighted by Gasteiger charge is -2.41. The minimum absolute atomic E-state index is 0.0347. The number of nitrogens with zero attached hydrogens (tertiary/aromatic N) is 2. The first-order valence-corrected chi connectivity index (χ1v) is 14.1. The number of carbonyl (C=O) groups is 2. The number of imide groups is 1. The number of hydrogen-bond donors (Lipinski definition) is 8. The van der Waals surface area contributed by atoms with Gasteiger partial charge in [-0.15, -0.1) is 0 Å². The number of aromatic nitrogens is 2. The molecule has 0 saturated carbocycles. The highest BCUT2D eigenvalue weighted by Crippen LogP contribution is 2.47. The van der Waals surface area contributed by atoms with E-state index in [2.05, 4.69) is 10.4 Å². The summed E-state index contributed by atoms with van der Waals surface area (Å²) in [4.78, 5) is 31.6. The lowest BCUT2D eigenvalue weighted by molar-refractivity contribution is -0.249. The number of aromatic amines is 1. The second-order valence-electron chi connectivity index (χ2n) is 11.2. The number of aromatic hydroxyl groups is 2. The zero-order chi connectivity index (χ0) is 31.3. The lowest BCUT2D eigenvalue weighted by Crippen LogP contribution is -2.56. The molecule has 1 saturated heterocycles. The van der Waals surface area contributed by atoms with E-state index < -0.39 is 49.1 Å². The largest absolute Gasteiger partial charge is 0.508 e. The van der Waals surface area contributed by atoms with Gasteiger partial charge in [0.25, 0.3) is 11.8 Å². The number of ether oxygens (including phenoxy) is 1. The van der Waals surface area contributed by atoms with E-state index in [1.807, 2.05) is 0 Å². The van der Waals surface area contributed by atoms with Crippen molar-refractivity contribution < 1.29 is 49.4 Å². The lowest BCUT2D eigenvalue weighted by atomic mass is 9.96. The zero-order valence-electron chi connectivity index (χ0n) is 23.2. The Kier molecular flexibility index (Phi) is 5.99. The van der Waals surface area contributed by atoms with Crippen LogP contribution in [0.5, 0.6) is 11.5 Å². The predicted octanol–water partition coefficient (Wildman–Crippen LogP) is 1.71. The van der Waals surface area contributed by atoms with Crippen molar-refractivity contribution in [3.63, 3.8) is 0 Å². The summed E-state index contributed by atoms with van der Waals surface area (Å²) >= 11 is 0. The molecule has 2 amide bonds. The van der Waals surface area contributed by atoms with E-state index in [1.54, 1.807) is 24.3 Å². The van der Waals surface area contributed by atoms with Crippen molar-refractivity contribution in [2.24, 2.45) is 0 Å². The molecule has 14 nitrogen and oxygen atoms in total. The Bertz CT molecular complexity index is 2180. The van der Waals surface area contributed by atoms with Crippen LogP contribution in [-0.4, -0.2) is 88.0 Å². The monoisotopic (exact) mass is 614 g/mol. The molecule has 5 heterocycles. The quantitative estimate of drug-likeness (QED) is 0.131. The fourth-order valence-electron chi connectivity index (χ4n) is 6.69. The third-order valence-corrected chi connectivity index (χ3v) is 8.70. The molecule has 230 valence electrons. The van der Waals surface area contributed by atoms with Gasteiger partial charge in [0.1, 0.15) is 41.7 Å². The Balaban J connectivity index is 1.49. The van der Waals surface area contributed by atoms with Crippen molar-refractivity contribution >= 4 is 55.4 Å². The molecule has 8 N–H and O–H groups in total. The van der Waals surface area contributed by atoms with Crippen molar-refractivity contribution in [1.82, 2.24) is 20.0 Å². The number of aliphatic hydroxyl groups excluding tert-OH is 4. The van der Waals surface area contributed by atoms with Gasteiger partial charge >= 0.3 is 0 Å². The number of phenolic OH excluding ortho intramolecular Hbond substituents is 2. The number of nitrogens with one attached hydrogen (secondary N) is 2. The van der Waals surface area contributed by atoms with E-state index in [-0.39, 0.29) is 40.2 Å². The number of furan rings is 1. The molecule has 0 aliphatic carbocycles. The first kappa shape index (κ1) is 27.6. The molecule has 0 radical (unpaired) electrons. The average molecular weight is 615 g/mol. The third kappa shape index (κ3) is 3.78. The van der Waals surface area contributed by atoms with E-state index >= 15 is 0 Å². The second-order valence-corrected chi connectivity index (χ2v) is 11.2. The number of benzene rings is 3. The average Bonchev–Trinajstić information content (AvgIpc) is 3.79. The fraction of sp³-hybridized carbons (Fsp3) is 0.226. The minimum atomic E-state index is -1.72. The van der Waals surface area contributed by atoms with Crippen LogP contribution >= 0.6 is 0 Å². The maximum Gasteiger partial charge on any atom is 0.276 e. The van der Waals surface area contributed by atoms with Gasteiger partial charge < -0.3 is 49.3 Å². The van der Waals surface area contributed by atoms with Crippen LogP contribution in [0.3, 0.4) is 0 Å². The molecule has 6 aromatic rings. The van der Waals surface area contributed by atoms with Crippen LogP contribution in [0.4, 0.5) is 0 Å². The van der Waals surface area contributed by atoms with Crippen LogP contribution in [0.1, 0.15) is 32.7 Å². The van der Waals surface area contributed by atoms with Gasteiger partial charge in [-0.25, -0.2) is 10.4 Å². The van der Waals surface area contributed by atoms with Crippen molar-refractivity contribution in [2.45, 2.75) is 37.2 Å². The van der Waals surface area contributed by atoms with E-state index in [1.165, 1.54) is 35.1 Å². The number of phenols is 2. The van der Waals surface area contributed by atoms with Crippen LogP contribution in [-0.2, 0) is 11.3 Å². The molecular weight excluding hydrogens is 588 g/mol. The SMILES string of the molecule is O=C1c2c(c3c4ccc(O)cc4n(C4OC(CO)C(O)C(O)C4O)c3c3[nH]c4cc(O)ccc4c23)C(=O)N1NCc1ccco1. The Morgan fingerprint density at radius 3 is 2.29 bits per heavy atom. The summed E-state index contributed by atoms with van der Waals surface area (Å²) in [6.07, 6.45) is -6.28. The highest BCUT2D eigenvalue weighted by molar-refractivity contribution is 6.39. The molecule has 5 unspecified atom stereocenters. The molecule has 3 aromatic carbocycles. The van der Waals surface area contributed by atoms with Gasteiger partial charge in [0, 0.05) is 33.7 Å². The van der Waals surface area contributed by atoms with Crippen LogP contribution in [0.15, 0.2) is 59.2 Å². The molecule has 5 atom stereocenters. The maximum absolute atomic E-state index is 14.2. The summed E-state index contributed by atoms with van der Waals surface area (Å²) in [7, 11) is 0. The topological polar surface area (TPSA) is 214 Å². The minimum Gasteiger partial charge on any atom is -0.508 e. The normalized spacial score (nSPS) is 23.7. The van der Waals surface area contributed by atoms with Gasteiger partial charge in [-0.2, -0.15) is 0 Å². The summed E-state index contributed by atoms with van der Waals surface area (Å²) in [5.41, 5.74) is 4.32. The first-order chi connectivity index (χ1) is 21.7. The Morgan fingerprint density at radius 1 is 0.867 bits per heavy atom. The molecule has 45 heavy (non-hydrogen) atoms. The van der Waals surface area contributed by atoms with Crippen LogP contribution < -0.4 is 5.43 Å². The highest BCUT2D eigenvalue weighted by atomic mass is 16.6. The molecule has 14 heteroatoms. The van der Waals surface area contributed by atoms with Crippen molar-refractivity contribution in [3.05, 3.63) is 71.7 Å². The van der Waals surface area contributed by atoms with Crippen molar-refractivity contribution in [2.75, 3.05) is 6.61 Å². The van der Waals surface area contributed by atoms with Crippen molar-refractivity contribution in [1.29, 1.82) is 0 Å². The van der Waals surface area contributed by atoms with Crippen LogP contribution in [0.25, 0.3) is 43.6 Å². The van der Waals surface area contributed by atoms with Crippen LogP contribution in [0, 0.1) is 0 Å². The molecule has 0 spiro atoms. The predicted molar refractivity (Wildman–Crippen MR) is 157 cm³/mol. The Labute approximate surface area is 251 Å². The summed E-state index contributed by atoms with van der Waals surface area (Å²) in [6.45, 7) is -0.642. The zero-order valence-corrected chi connectivity index (χ0v) is 23.2. The number of hydrazine groups is 1. The van der Waals surface area contributed by atoms with Gasteiger partial charge in [-0.1, -0.05) is 0 Å². The second kappa shape index (κ2) is 9.77. The maximum atomic E-state index is 14.2. The van der Waals surface area contributed by atoms with Gasteiger partial charge in [-0.05, 0) is 36.4 Å². The molecule has 2 aliphatic heterocycles. The molecule has 8 rings (SSSR count). The fourth-order valence-corrected chi connectivity index (χ4v) is 6.69. The molecule has 1 fully saturated rings. The third-order valence-electron chi connectivity index (χ3n) is 8.70. The van der Waals surface area contributed by atoms with E-state index in [9.17, 15) is 40.2 Å². The molecule has 3 aromatic heterocycles. The van der Waals surface area contributed by atoms with Gasteiger partial charge in [0.15, 0.2) is 6.23 Å². The number of H-pyrrole nitrogens is 1. The number of fused-ring (bicyclic) bond motifs is 10. The molecular formula is C31H26N4O10. The molecule has 0 bridgehead atoms. The van der Waals surface area contributed by atoms with E-state index in [4.69, 9.17) is 9.15 Å². The summed E-state index contributed by atoms with van der Waals surface area (Å²) in [6, 6.07) is 12.3. The standard InChI is InChI=1S/C31H26N4O10/c36-11-19-26(39)27(40)28(41)31(45-19)34-18-9-13(38)4-6-16(18)21-23-22(29(42)35(30(23)43)32-10-14-2-1-7-44-14)20-15-5-3-12(37)8-17(15)33-24(20)25(21)34/h1-9,19,26-28,31-33,36-41H,10-11H2. The number of aliphatic hydroxyl groups is 4. The van der Waals surface area contributed by atoms with E-state index in [0.717, 1.165) is 5.01 Å². The highest BCUT2D eigenvalue weighted by Gasteiger charge is 2.47.